The summed E-state index contributed by atoms with van der Waals surface area (Å²) in [5.74, 6) is 0. The molecule has 3 rings (SSSR count). The van der Waals surface area contributed by atoms with E-state index in [1.165, 1.54) is 32.3 Å². The smallest absolute Gasteiger partial charge is 0.0529 e. The molecule has 0 atom stereocenters. The van der Waals surface area contributed by atoms with Gasteiger partial charge < -0.3 is 5.32 Å². The van der Waals surface area contributed by atoms with Crippen LogP contribution in [0.15, 0.2) is 46.2 Å². The molecule has 0 saturated carbocycles. The maximum Gasteiger partial charge on any atom is 0.0529 e. The number of anilines is 2. The van der Waals surface area contributed by atoms with Gasteiger partial charge >= 0.3 is 0 Å². The minimum Gasteiger partial charge on any atom is -0.354 e. The second-order valence-corrected chi connectivity index (χ2v) is 5.54. The summed E-state index contributed by atoms with van der Waals surface area (Å²) in [6, 6.07) is 13.1. The van der Waals surface area contributed by atoms with E-state index in [9.17, 15) is 0 Å². The van der Waals surface area contributed by atoms with E-state index in [2.05, 4.69) is 55.6 Å². The molecular weight excluding hydrogens is 238 g/mol. The van der Waals surface area contributed by atoms with Gasteiger partial charge in [0.1, 0.15) is 0 Å². The van der Waals surface area contributed by atoms with Crippen molar-refractivity contribution >= 4 is 23.1 Å². The lowest BCUT2D eigenvalue weighted by atomic mass is 10.1. The second kappa shape index (κ2) is 4.69. The minimum atomic E-state index is 1.08. The highest BCUT2D eigenvalue weighted by molar-refractivity contribution is 7.99. The lowest BCUT2D eigenvalue weighted by molar-refractivity contribution is 1.05. The van der Waals surface area contributed by atoms with Crippen LogP contribution in [0.25, 0.3) is 0 Å². The largest absolute Gasteiger partial charge is 0.354 e. The first-order chi connectivity index (χ1) is 8.83. The molecule has 18 heavy (non-hydrogen) atoms. The Hall–Kier alpha value is -1.41. The van der Waals surface area contributed by atoms with Crippen LogP contribution in [0.1, 0.15) is 25.0 Å². The Kier molecular flexibility index (Phi) is 3.04. The summed E-state index contributed by atoms with van der Waals surface area (Å²) >= 11 is 1.92. The fourth-order valence-electron chi connectivity index (χ4n) is 2.41. The maximum atomic E-state index is 3.57. The summed E-state index contributed by atoms with van der Waals surface area (Å²) in [4.78, 5) is 2.79. The Balaban J connectivity index is 2.12. The average molecular weight is 255 g/mol. The molecule has 1 heterocycles. The van der Waals surface area contributed by atoms with Crippen molar-refractivity contribution in [2.45, 2.75) is 36.5 Å². The molecule has 0 aliphatic carbocycles. The second-order valence-electron chi connectivity index (χ2n) is 4.52. The predicted octanol–water partition coefficient (Wildman–Crippen LogP) is 5.02. The molecule has 1 aliphatic heterocycles. The van der Waals surface area contributed by atoms with E-state index in [0.717, 1.165) is 12.8 Å². The molecule has 2 heteroatoms. The van der Waals surface area contributed by atoms with Gasteiger partial charge in [0.2, 0.25) is 0 Å². The number of hydrogen-bond acceptors (Lipinski definition) is 2. The molecule has 1 aliphatic rings. The number of fused-ring (bicyclic) bond motifs is 2. The van der Waals surface area contributed by atoms with Gasteiger partial charge in [-0.1, -0.05) is 49.9 Å². The first-order valence-electron chi connectivity index (χ1n) is 6.52. The zero-order valence-corrected chi connectivity index (χ0v) is 11.6. The third kappa shape index (κ3) is 1.81. The van der Waals surface area contributed by atoms with Crippen molar-refractivity contribution in [1.82, 2.24) is 0 Å². The quantitative estimate of drug-likeness (QED) is 0.690. The highest BCUT2D eigenvalue weighted by Gasteiger charge is 2.19. The maximum absolute atomic E-state index is 3.57. The summed E-state index contributed by atoms with van der Waals surface area (Å²) in [5, 5.41) is 3.57. The summed E-state index contributed by atoms with van der Waals surface area (Å²) in [7, 11) is 0. The van der Waals surface area contributed by atoms with Gasteiger partial charge in [-0.2, -0.15) is 0 Å². The van der Waals surface area contributed by atoms with E-state index in [1.807, 2.05) is 11.8 Å². The number of nitrogens with one attached hydrogen (secondary N) is 1. The summed E-state index contributed by atoms with van der Waals surface area (Å²) in [6.45, 7) is 4.44. The van der Waals surface area contributed by atoms with Crippen molar-refractivity contribution in [2.75, 3.05) is 5.32 Å². The van der Waals surface area contributed by atoms with E-state index in [4.69, 9.17) is 0 Å². The van der Waals surface area contributed by atoms with Crippen LogP contribution in [0, 0.1) is 0 Å². The van der Waals surface area contributed by atoms with E-state index in [-0.39, 0.29) is 0 Å². The van der Waals surface area contributed by atoms with Crippen molar-refractivity contribution in [1.29, 1.82) is 0 Å². The Morgan fingerprint density at radius 1 is 0.833 bits per heavy atom. The normalized spacial score (nSPS) is 12.6. The summed E-state index contributed by atoms with van der Waals surface area (Å²) in [6.07, 6.45) is 2.17. The molecule has 0 fully saturated rings. The molecule has 0 bridgehead atoms. The van der Waals surface area contributed by atoms with Crippen LogP contribution >= 0.6 is 11.8 Å². The summed E-state index contributed by atoms with van der Waals surface area (Å²) in [5.41, 5.74) is 5.36. The van der Waals surface area contributed by atoms with Crippen LogP contribution in [0.4, 0.5) is 11.4 Å². The van der Waals surface area contributed by atoms with E-state index in [1.54, 1.807) is 0 Å². The lowest BCUT2D eigenvalue weighted by Gasteiger charge is -2.24. The van der Waals surface area contributed by atoms with E-state index in [0.29, 0.717) is 0 Å². The molecule has 0 amide bonds. The molecule has 1 nitrogen and oxygen atoms in total. The van der Waals surface area contributed by atoms with Gasteiger partial charge in [-0.05, 0) is 36.1 Å². The SMILES string of the molecule is CCc1cccc2c1Sc1c(CC)cccc1N2. The number of aryl methyl sites for hydroxylation is 2. The van der Waals surface area contributed by atoms with Gasteiger partial charge in [0.15, 0.2) is 0 Å². The first-order valence-corrected chi connectivity index (χ1v) is 7.33. The van der Waals surface area contributed by atoms with Crippen LogP contribution < -0.4 is 5.32 Å². The number of hydrogen-bond donors (Lipinski definition) is 1. The molecule has 1 N–H and O–H groups in total. The van der Waals surface area contributed by atoms with Crippen LogP contribution in [0.5, 0.6) is 0 Å². The topological polar surface area (TPSA) is 12.0 Å². The average Bonchev–Trinajstić information content (AvgIpc) is 2.43. The highest BCUT2D eigenvalue weighted by atomic mass is 32.2. The molecule has 0 radical (unpaired) electrons. The fourth-order valence-corrected chi connectivity index (χ4v) is 3.76. The van der Waals surface area contributed by atoms with Crippen molar-refractivity contribution in [3.8, 4) is 0 Å². The first kappa shape index (κ1) is 11.7. The Morgan fingerprint density at radius 3 is 1.78 bits per heavy atom. The Labute approximate surface area is 113 Å². The molecule has 2 aromatic carbocycles. The third-order valence-electron chi connectivity index (χ3n) is 3.43. The van der Waals surface area contributed by atoms with Crippen molar-refractivity contribution < 1.29 is 0 Å². The van der Waals surface area contributed by atoms with Crippen LogP contribution in [0.3, 0.4) is 0 Å². The van der Waals surface area contributed by atoms with Gasteiger partial charge in [0.25, 0.3) is 0 Å². The van der Waals surface area contributed by atoms with Gasteiger partial charge in [0.05, 0.1) is 11.4 Å². The fraction of sp³-hybridized carbons (Fsp3) is 0.250. The molecule has 0 saturated heterocycles. The van der Waals surface area contributed by atoms with Crippen LogP contribution in [-0.4, -0.2) is 0 Å². The lowest BCUT2D eigenvalue weighted by Crippen LogP contribution is -2.03. The van der Waals surface area contributed by atoms with Crippen molar-refractivity contribution in [2.24, 2.45) is 0 Å². The zero-order valence-electron chi connectivity index (χ0n) is 10.8. The summed E-state index contributed by atoms with van der Waals surface area (Å²) < 4.78 is 0. The van der Waals surface area contributed by atoms with Crippen molar-refractivity contribution in [3.63, 3.8) is 0 Å². The number of benzene rings is 2. The monoisotopic (exact) mass is 255 g/mol. The standard InChI is InChI=1S/C16H17NS/c1-3-11-7-5-9-13-15(11)18-16-12(4-2)8-6-10-14(16)17-13/h5-10,17H,3-4H2,1-2H3. The van der Waals surface area contributed by atoms with Crippen LogP contribution in [-0.2, 0) is 12.8 Å². The van der Waals surface area contributed by atoms with Gasteiger partial charge in [-0.25, -0.2) is 0 Å². The Bertz CT molecular complexity index is 538. The molecule has 0 unspecified atom stereocenters. The van der Waals surface area contributed by atoms with Gasteiger partial charge in [0, 0.05) is 9.79 Å². The van der Waals surface area contributed by atoms with Gasteiger partial charge in [-0.3, -0.25) is 0 Å². The Morgan fingerprint density at radius 2 is 1.33 bits per heavy atom. The van der Waals surface area contributed by atoms with Crippen LogP contribution in [0.2, 0.25) is 0 Å². The highest BCUT2D eigenvalue weighted by Crippen LogP contribution is 2.47. The van der Waals surface area contributed by atoms with E-state index >= 15 is 0 Å². The molecule has 0 spiro atoms. The number of rotatable bonds is 2. The third-order valence-corrected chi connectivity index (χ3v) is 4.80. The minimum absolute atomic E-state index is 1.08. The molecular formula is C16H17NS. The van der Waals surface area contributed by atoms with Crippen molar-refractivity contribution in [3.05, 3.63) is 47.5 Å². The van der Waals surface area contributed by atoms with Gasteiger partial charge in [-0.15, -0.1) is 0 Å². The molecule has 2 aromatic rings. The predicted molar refractivity (Wildman–Crippen MR) is 79.0 cm³/mol. The molecule has 92 valence electrons. The van der Waals surface area contributed by atoms with E-state index < -0.39 is 0 Å². The zero-order chi connectivity index (χ0) is 12.5. The molecule has 0 aromatic heterocycles.